The van der Waals surface area contributed by atoms with Crippen LogP contribution in [0, 0.1) is 13.8 Å². The van der Waals surface area contributed by atoms with E-state index >= 15 is 0 Å². The molecule has 1 aromatic carbocycles. The van der Waals surface area contributed by atoms with Crippen molar-refractivity contribution < 1.29 is 9.59 Å². The van der Waals surface area contributed by atoms with Crippen molar-refractivity contribution in [2.24, 2.45) is 0 Å². The van der Waals surface area contributed by atoms with Gasteiger partial charge in [0.15, 0.2) is 0 Å². The first-order valence-electron chi connectivity index (χ1n) is 7.75. The number of benzene rings is 1. The number of nitrogens with one attached hydrogen (secondary N) is 2. The molecule has 1 aliphatic carbocycles. The molecule has 21 heavy (non-hydrogen) atoms. The summed E-state index contributed by atoms with van der Waals surface area (Å²) in [6.45, 7) is 4.00. The Kier molecular flexibility index (Phi) is 5.37. The van der Waals surface area contributed by atoms with Gasteiger partial charge in [0.1, 0.15) is 0 Å². The molecule has 0 aromatic heterocycles. The summed E-state index contributed by atoms with van der Waals surface area (Å²) in [5.41, 5.74) is 2.92. The maximum absolute atomic E-state index is 12.0. The van der Waals surface area contributed by atoms with E-state index < -0.39 is 11.8 Å². The Morgan fingerprint density at radius 1 is 0.952 bits per heavy atom. The summed E-state index contributed by atoms with van der Waals surface area (Å²) in [5.74, 6) is -1.11. The second-order valence-corrected chi connectivity index (χ2v) is 5.92. The van der Waals surface area contributed by atoms with Crippen molar-refractivity contribution in [1.82, 2.24) is 5.32 Å². The average molecular weight is 288 g/mol. The van der Waals surface area contributed by atoms with Crippen molar-refractivity contribution in [2.45, 2.75) is 58.4 Å². The van der Waals surface area contributed by atoms with E-state index in [0.29, 0.717) is 5.69 Å². The number of aryl methyl sites for hydroxylation is 2. The van der Waals surface area contributed by atoms with Crippen molar-refractivity contribution in [3.05, 3.63) is 29.3 Å². The average Bonchev–Trinajstić information content (AvgIpc) is 2.71. The fourth-order valence-corrected chi connectivity index (χ4v) is 2.68. The van der Waals surface area contributed by atoms with E-state index in [1.807, 2.05) is 32.0 Å². The minimum Gasteiger partial charge on any atom is -0.345 e. The van der Waals surface area contributed by atoms with Gasteiger partial charge in [-0.15, -0.1) is 0 Å². The molecular weight excluding hydrogens is 264 g/mol. The van der Waals surface area contributed by atoms with Gasteiger partial charge in [-0.2, -0.15) is 0 Å². The number of amides is 2. The molecule has 0 aliphatic heterocycles. The molecule has 2 N–H and O–H groups in total. The van der Waals surface area contributed by atoms with Crippen LogP contribution in [0.4, 0.5) is 5.69 Å². The molecule has 0 unspecified atom stereocenters. The van der Waals surface area contributed by atoms with Crippen molar-refractivity contribution in [1.29, 1.82) is 0 Å². The van der Waals surface area contributed by atoms with Crippen LogP contribution >= 0.6 is 0 Å². The van der Waals surface area contributed by atoms with Crippen LogP contribution in [0.25, 0.3) is 0 Å². The molecule has 4 heteroatoms. The topological polar surface area (TPSA) is 58.2 Å². The lowest BCUT2D eigenvalue weighted by molar-refractivity contribution is -0.136. The van der Waals surface area contributed by atoms with Crippen LogP contribution in [-0.4, -0.2) is 17.9 Å². The Bertz CT molecular complexity index is 518. The quantitative estimate of drug-likeness (QED) is 0.649. The van der Waals surface area contributed by atoms with Crippen LogP contribution in [0.5, 0.6) is 0 Å². The second kappa shape index (κ2) is 7.25. The maximum atomic E-state index is 12.0. The first-order chi connectivity index (χ1) is 10.1. The molecule has 1 saturated carbocycles. The van der Waals surface area contributed by atoms with Gasteiger partial charge in [0.2, 0.25) is 0 Å². The predicted molar refractivity (Wildman–Crippen MR) is 84.2 cm³/mol. The maximum Gasteiger partial charge on any atom is 0.313 e. The molecule has 0 bridgehead atoms. The third kappa shape index (κ3) is 4.59. The molecule has 1 aliphatic rings. The number of rotatable bonds is 2. The van der Waals surface area contributed by atoms with Crippen molar-refractivity contribution in [3.8, 4) is 0 Å². The molecule has 4 nitrogen and oxygen atoms in total. The molecule has 2 amide bonds. The molecule has 0 radical (unpaired) electrons. The van der Waals surface area contributed by atoms with E-state index in [2.05, 4.69) is 10.6 Å². The minimum absolute atomic E-state index is 0.144. The summed E-state index contributed by atoms with van der Waals surface area (Å²) in [7, 11) is 0. The van der Waals surface area contributed by atoms with E-state index in [9.17, 15) is 9.59 Å². The zero-order valence-electron chi connectivity index (χ0n) is 12.9. The highest BCUT2D eigenvalue weighted by atomic mass is 16.2. The van der Waals surface area contributed by atoms with E-state index in [1.54, 1.807) is 0 Å². The number of anilines is 1. The van der Waals surface area contributed by atoms with Crippen molar-refractivity contribution >= 4 is 17.5 Å². The van der Waals surface area contributed by atoms with Crippen LogP contribution in [0.15, 0.2) is 18.2 Å². The van der Waals surface area contributed by atoms with Crippen molar-refractivity contribution in [2.75, 3.05) is 5.32 Å². The van der Waals surface area contributed by atoms with Gasteiger partial charge >= 0.3 is 11.8 Å². The Morgan fingerprint density at radius 2 is 1.62 bits per heavy atom. The third-order valence-corrected chi connectivity index (χ3v) is 4.16. The Hall–Kier alpha value is -1.84. The van der Waals surface area contributed by atoms with Crippen LogP contribution < -0.4 is 10.6 Å². The lowest BCUT2D eigenvalue weighted by Crippen LogP contribution is -2.41. The number of carbonyl (C=O) groups excluding carboxylic acids is 2. The summed E-state index contributed by atoms with van der Waals surface area (Å²) in [6.07, 6.45) is 6.65. The SMILES string of the molecule is Cc1ccc(NC(=O)C(=O)NC2CCCCCC2)cc1C. The normalized spacial score (nSPS) is 16.1. The standard InChI is InChI=1S/C17H24N2O2/c1-12-9-10-15(11-13(12)2)19-17(21)16(20)18-14-7-5-3-4-6-8-14/h9-11,14H,3-8H2,1-2H3,(H,18,20)(H,19,21). The number of carbonyl (C=O) groups is 2. The molecule has 0 heterocycles. The fraction of sp³-hybridized carbons (Fsp3) is 0.529. The largest absolute Gasteiger partial charge is 0.345 e. The predicted octanol–water partition coefficient (Wildman–Crippen LogP) is 3.08. The number of hydrogen-bond donors (Lipinski definition) is 2. The van der Waals surface area contributed by atoms with E-state index in [1.165, 1.54) is 12.8 Å². The highest BCUT2D eigenvalue weighted by Crippen LogP contribution is 2.17. The van der Waals surface area contributed by atoms with Gasteiger partial charge in [-0.25, -0.2) is 0 Å². The van der Waals surface area contributed by atoms with Crippen molar-refractivity contribution in [3.63, 3.8) is 0 Å². The van der Waals surface area contributed by atoms with Gasteiger partial charge in [0, 0.05) is 11.7 Å². The van der Waals surface area contributed by atoms with Crippen LogP contribution in [-0.2, 0) is 9.59 Å². The summed E-state index contributed by atoms with van der Waals surface area (Å²) in [6, 6.07) is 5.78. The molecule has 1 aromatic rings. The molecule has 114 valence electrons. The van der Waals surface area contributed by atoms with Crippen LogP contribution in [0.3, 0.4) is 0 Å². The molecule has 1 fully saturated rings. The van der Waals surface area contributed by atoms with E-state index in [0.717, 1.165) is 36.8 Å². The first kappa shape index (κ1) is 15.5. The summed E-state index contributed by atoms with van der Waals surface area (Å²) >= 11 is 0. The highest BCUT2D eigenvalue weighted by molar-refractivity contribution is 6.39. The second-order valence-electron chi connectivity index (χ2n) is 5.92. The Balaban J connectivity index is 1.89. The lowest BCUT2D eigenvalue weighted by atomic mass is 10.1. The summed E-state index contributed by atoms with van der Waals surface area (Å²) in [4.78, 5) is 23.9. The molecule has 0 atom stereocenters. The monoisotopic (exact) mass is 288 g/mol. The smallest absolute Gasteiger partial charge is 0.313 e. The van der Waals surface area contributed by atoms with Gasteiger partial charge in [0.25, 0.3) is 0 Å². The van der Waals surface area contributed by atoms with Crippen LogP contribution in [0.1, 0.15) is 49.7 Å². The highest BCUT2D eigenvalue weighted by Gasteiger charge is 2.19. The van der Waals surface area contributed by atoms with E-state index in [-0.39, 0.29) is 6.04 Å². The van der Waals surface area contributed by atoms with Gasteiger partial charge in [-0.1, -0.05) is 31.7 Å². The third-order valence-electron chi connectivity index (χ3n) is 4.16. The van der Waals surface area contributed by atoms with Crippen LogP contribution in [0.2, 0.25) is 0 Å². The van der Waals surface area contributed by atoms with E-state index in [4.69, 9.17) is 0 Å². The Labute approximate surface area is 126 Å². The Morgan fingerprint density at radius 3 is 2.24 bits per heavy atom. The lowest BCUT2D eigenvalue weighted by Gasteiger charge is -2.16. The zero-order chi connectivity index (χ0) is 15.2. The van der Waals surface area contributed by atoms with Gasteiger partial charge in [-0.3, -0.25) is 9.59 Å². The molecule has 0 spiro atoms. The molecule has 0 saturated heterocycles. The van der Waals surface area contributed by atoms with Gasteiger partial charge in [-0.05, 0) is 49.9 Å². The summed E-state index contributed by atoms with van der Waals surface area (Å²) < 4.78 is 0. The van der Waals surface area contributed by atoms with Gasteiger partial charge in [0.05, 0.1) is 0 Å². The first-order valence-corrected chi connectivity index (χ1v) is 7.75. The molecular formula is C17H24N2O2. The zero-order valence-corrected chi connectivity index (χ0v) is 12.9. The fourth-order valence-electron chi connectivity index (χ4n) is 2.68. The summed E-state index contributed by atoms with van der Waals surface area (Å²) in [5, 5.41) is 5.52. The van der Waals surface area contributed by atoms with Gasteiger partial charge < -0.3 is 10.6 Å². The molecule has 2 rings (SSSR count). The number of hydrogen-bond acceptors (Lipinski definition) is 2. The minimum atomic E-state index is -0.581.